The van der Waals surface area contributed by atoms with Gasteiger partial charge in [0, 0.05) is 26.2 Å². The van der Waals surface area contributed by atoms with Gasteiger partial charge >= 0.3 is 0 Å². The molecule has 1 aromatic rings. The maximum absolute atomic E-state index is 12.8. The first-order chi connectivity index (χ1) is 10.1. The number of benzene rings is 1. The van der Waals surface area contributed by atoms with E-state index in [0.29, 0.717) is 32.1 Å². The van der Waals surface area contributed by atoms with E-state index >= 15 is 0 Å². The fourth-order valence-electron chi connectivity index (χ4n) is 3.29. The first kappa shape index (κ1) is 17.7. The van der Waals surface area contributed by atoms with E-state index in [0.717, 1.165) is 24.9 Å². The van der Waals surface area contributed by atoms with Gasteiger partial charge in [-0.3, -0.25) is 0 Å². The molecule has 1 fully saturated rings. The van der Waals surface area contributed by atoms with Gasteiger partial charge in [-0.15, -0.1) is 12.4 Å². The molecule has 1 unspecified atom stereocenters. The van der Waals surface area contributed by atoms with E-state index < -0.39 is 10.2 Å². The first-order valence-corrected chi connectivity index (χ1v) is 8.97. The third kappa shape index (κ3) is 3.46. The highest BCUT2D eigenvalue weighted by Gasteiger charge is 2.36. The van der Waals surface area contributed by atoms with Gasteiger partial charge in [-0.25, -0.2) is 0 Å². The van der Waals surface area contributed by atoms with Crippen molar-refractivity contribution in [2.75, 3.05) is 33.2 Å². The van der Waals surface area contributed by atoms with E-state index in [-0.39, 0.29) is 12.4 Å². The standard InChI is InChI=1S/C15H23N3O2S.ClH/c1-16-10-13-6-8-17(11-13)21(19,20)18-9-7-14-4-2-3-5-15(14)12-18;/h2-5,13,16H,6-12H2,1H3;1H. The Morgan fingerprint density at radius 3 is 2.64 bits per heavy atom. The number of nitrogens with one attached hydrogen (secondary N) is 1. The van der Waals surface area contributed by atoms with Crippen molar-refractivity contribution in [3.8, 4) is 0 Å². The van der Waals surface area contributed by atoms with E-state index in [2.05, 4.69) is 11.4 Å². The molecule has 0 bridgehead atoms. The van der Waals surface area contributed by atoms with E-state index in [4.69, 9.17) is 0 Å². The van der Waals surface area contributed by atoms with Crippen LogP contribution in [-0.4, -0.2) is 50.3 Å². The van der Waals surface area contributed by atoms with Gasteiger partial charge in [0.25, 0.3) is 10.2 Å². The molecular formula is C15H24ClN3O2S. The van der Waals surface area contributed by atoms with Crippen LogP contribution >= 0.6 is 12.4 Å². The summed E-state index contributed by atoms with van der Waals surface area (Å²) in [4.78, 5) is 0. The summed E-state index contributed by atoms with van der Waals surface area (Å²) in [5, 5.41) is 3.14. The van der Waals surface area contributed by atoms with Crippen LogP contribution in [0.3, 0.4) is 0 Å². The van der Waals surface area contributed by atoms with Crippen molar-refractivity contribution in [1.29, 1.82) is 0 Å². The molecule has 1 aromatic carbocycles. The summed E-state index contributed by atoms with van der Waals surface area (Å²) >= 11 is 0. The highest BCUT2D eigenvalue weighted by molar-refractivity contribution is 7.86. The predicted octanol–water partition coefficient (Wildman–Crippen LogP) is 1.25. The van der Waals surface area contributed by atoms with Gasteiger partial charge in [0.15, 0.2) is 0 Å². The molecule has 5 nitrogen and oxygen atoms in total. The van der Waals surface area contributed by atoms with E-state index in [1.807, 2.05) is 25.2 Å². The zero-order valence-electron chi connectivity index (χ0n) is 12.9. The van der Waals surface area contributed by atoms with Gasteiger partial charge in [0.2, 0.25) is 0 Å². The number of fused-ring (bicyclic) bond motifs is 1. The lowest BCUT2D eigenvalue weighted by molar-refractivity contribution is 0.341. The molecule has 3 rings (SSSR count). The van der Waals surface area contributed by atoms with Crippen LogP contribution in [0, 0.1) is 5.92 Å². The smallest absolute Gasteiger partial charge is 0.282 e. The summed E-state index contributed by atoms with van der Waals surface area (Å²) in [7, 11) is -1.40. The van der Waals surface area contributed by atoms with Crippen LogP contribution < -0.4 is 5.32 Å². The monoisotopic (exact) mass is 345 g/mol. The Balaban J connectivity index is 0.00000176. The van der Waals surface area contributed by atoms with Crippen molar-refractivity contribution in [3.63, 3.8) is 0 Å². The van der Waals surface area contributed by atoms with Gasteiger partial charge in [-0.2, -0.15) is 17.0 Å². The van der Waals surface area contributed by atoms with E-state index in [9.17, 15) is 8.42 Å². The lowest BCUT2D eigenvalue weighted by Crippen LogP contribution is -2.45. The molecule has 0 saturated carbocycles. The fraction of sp³-hybridized carbons (Fsp3) is 0.600. The van der Waals surface area contributed by atoms with E-state index in [1.54, 1.807) is 8.61 Å². The summed E-state index contributed by atoms with van der Waals surface area (Å²) in [5.41, 5.74) is 2.41. The van der Waals surface area contributed by atoms with E-state index in [1.165, 1.54) is 5.56 Å². The van der Waals surface area contributed by atoms with Crippen LogP contribution in [0.5, 0.6) is 0 Å². The largest absolute Gasteiger partial charge is 0.319 e. The Kier molecular flexibility index (Phi) is 5.85. The van der Waals surface area contributed by atoms with Gasteiger partial charge in [-0.1, -0.05) is 24.3 Å². The molecule has 2 heterocycles. The van der Waals surface area contributed by atoms with Crippen LogP contribution in [0.15, 0.2) is 24.3 Å². The van der Waals surface area contributed by atoms with Gasteiger partial charge in [0.1, 0.15) is 0 Å². The number of hydrogen-bond acceptors (Lipinski definition) is 3. The fourth-order valence-corrected chi connectivity index (χ4v) is 4.98. The molecule has 2 aliphatic heterocycles. The Morgan fingerprint density at radius 1 is 1.18 bits per heavy atom. The third-order valence-corrected chi connectivity index (χ3v) is 6.44. The summed E-state index contributed by atoms with van der Waals surface area (Å²) in [5.74, 6) is 0.432. The zero-order valence-corrected chi connectivity index (χ0v) is 14.5. The molecule has 0 radical (unpaired) electrons. The summed E-state index contributed by atoms with van der Waals surface area (Å²) in [6.45, 7) is 3.27. The predicted molar refractivity (Wildman–Crippen MR) is 90.3 cm³/mol. The molecule has 124 valence electrons. The molecule has 0 aliphatic carbocycles. The maximum atomic E-state index is 12.8. The second-order valence-corrected chi connectivity index (χ2v) is 7.86. The highest BCUT2D eigenvalue weighted by atomic mass is 35.5. The lowest BCUT2D eigenvalue weighted by Gasteiger charge is -2.31. The average Bonchev–Trinajstić information content (AvgIpc) is 2.96. The molecule has 0 aromatic heterocycles. The van der Waals surface area contributed by atoms with Crippen LogP contribution in [0.4, 0.5) is 0 Å². The second kappa shape index (κ2) is 7.27. The lowest BCUT2D eigenvalue weighted by atomic mass is 10.0. The van der Waals surface area contributed by atoms with Gasteiger partial charge in [-0.05, 0) is 43.5 Å². The van der Waals surface area contributed by atoms with Crippen LogP contribution in [0.2, 0.25) is 0 Å². The Morgan fingerprint density at radius 2 is 1.91 bits per heavy atom. The third-order valence-electron chi connectivity index (χ3n) is 4.49. The first-order valence-electron chi connectivity index (χ1n) is 7.58. The Hall–Kier alpha value is -0.660. The van der Waals surface area contributed by atoms with Crippen LogP contribution in [-0.2, 0) is 23.2 Å². The summed E-state index contributed by atoms with van der Waals surface area (Å²) in [6, 6.07) is 8.13. The minimum atomic E-state index is -3.32. The molecule has 1 saturated heterocycles. The molecule has 22 heavy (non-hydrogen) atoms. The van der Waals surface area contributed by atoms with Crippen molar-refractivity contribution in [1.82, 2.24) is 13.9 Å². The molecule has 7 heteroatoms. The summed E-state index contributed by atoms with van der Waals surface area (Å²) in [6.07, 6.45) is 1.76. The minimum absolute atomic E-state index is 0. The van der Waals surface area contributed by atoms with Crippen molar-refractivity contribution >= 4 is 22.6 Å². The van der Waals surface area contributed by atoms with Gasteiger partial charge < -0.3 is 5.32 Å². The SMILES string of the molecule is CNCC1CCN(S(=O)(=O)N2CCc3ccccc3C2)C1.Cl. The number of nitrogens with zero attached hydrogens (tertiary/aromatic N) is 2. The number of hydrogen-bond donors (Lipinski definition) is 1. The molecular weight excluding hydrogens is 322 g/mol. The van der Waals surface area contributed by atoms with Gasteiger partial charge in [0.05, 0.1) is 0 Å². The quantitative estimate of drug-likeness (QED) is 0.893. The normalized spacial score (nSPS) is 23.0. The average molecular weight is 346 g/mol. The van der Waals surface area contributed by atoms with Crippen molar-refractivity contribution in [3.05, 3.63) is 35.4 Å². The molecule has 2 aliphatic rings. The highest BCUT2D eigenvalue weighted by Crippen LogP contribution is 2.26. The Labute approximate surface area is 139 Å². The summed E-state index contributed by atoms with van der Waals surface area (Å²) < 4.78 is 28.8. The second-order valence-electron chi connectivity index (χ2n) is 5.93. The van der Waals surface area contributed by atoms with Crippen molar-refractivity contribution < 1.29 is 8.42 Å². The molecule has 1 atom stereocenters. The van der Waals surface area contributed by atoms with Crippen molar-refractivity contribution in [2.24, 2.45) is 5.92 Å². The molecule has 0 spiro atoms. The molecule has 0 amide bonds. The number of rotatable bonds is 4. The van der Waals surface area contributed by atoms with Crippen LogP contribution in [0.1, 0.15) is 17.5 Å². The van der Waals surface area contributed by atoms with Crippen LogP contribution in [0.25, 0.3) is 0 Å². The zero-order chi connectivity index (χ0) is 14.9. The Bertz CT molecular complexity index is 609. The van der Waals surface area contributed by atoms with Crippen molar-refractivity contribution in [2.45, 2.75) is 19.4 Å². The number of halogens is 1. The minimum Gasteiger partial charge on any atom is -0.319 e. The molecule has 1 N–H and O–H groups in total. The topological polar surface area (TPSA) is 52.7 Å². The maximum Gasteiger partial charge on any atom is 0.282 e.